The van der Waals surface area contributed by atoms with Gasteiger partial charge in [0.2, 0.25) is 12.7 Å². The molecule has 2 aromatic carbocycles. The van der Waals surface area contributed by atoms with E-state index >= 15 is 0 Å². The molecule has 1 aromatic heterocycles. The lowest BCUT2D eigenvalue weighted by atomic mass is 10.1. The average Bonchev–Trinajstić information content (AvgIpc) is 3.36. The van der Waals surface area contributed by atoms with Crippen LogP contribution in [0.1, 0.15) is 23.0 Å². The molecule has 6 nitrogen and oxygen atoms in total. The van der Waals surface area contributed by atoms with Gasteiger partial charge >= 0.3 is 0 Å². The van der Waals surface area contributed by atoms with Crippen LogP contribution in [0.2, 0.25) is 0 Å². The minimum Gasteiger partial charge on any atom is -0.454 e. The van der Waals surface area contributed by atoms with Crippen molar-refractivity contribution in [1.29, 1.82) is 0 Å². The summed E-state index contributed by atoms with van der Waals surface area (Å²) in [7, 11) is 0. The second-order valence-corrected chi connectivity index (χ2v) is 7.11. The molecule has 0 spiro atoms. The fraction of sp³-hybridized carbons (Fsp3) is 0.0952. The summed E-state index contributed by atoms with van der Waals surface area (Å²) in [5.41, 5.74) is 0.729. The number of ether oxygens (including phenoxy) is 2. The number of thiazole rings is 1. The van der Waals surface area contributed by atoms with Gasteiger partial charge in [-0.2, -0.15) is 0 Å². The highest BCUT2D eigenvalue weighted by molar-refractivity contribution is 7.14. The fourth-order valence-corrected chi connectivity index (χ4v) is 3.68. The molecule has 152 valence electrons. The van der Waals surface area contributed by atoms with Crippen molar-refractivity contribution < 1.29 is 27.8 Å². The van der Waals surface area contributed by atoms with Gasteiger partial charge in [0.25, 0.3) is 0 Å². The number of carbonyl (C=O) groups excluding carboxylic acids is 2. The van der Waals surface area contributed by atoms with Gasteiger partial charge in [0.15, 0.2) is 22.4 Å². The molecular formula is C21H14F2N2O4S. The van der Waals surface area contributed by atoms with Crippen LogP contribution in [0.3, 0.4) is 0 Å². The minimum absolute atomic E-state index is 0.106. The first-order valence-electron chi connectivity index (χ1n) is 8.76. The summed E-state index contributed by atoms with van der Waals surface area (Å²) in [6.45, 7) is 1.37. The van der Waals surface area contributed by atoms with Crippen molar-refractivity contribution in [3.63, 3.8) is 0 Å². The summed E-state index contributed by atoms with van der Waals surface area (Å²) >= 11 is 1.09. The standard InChI is InChI=1S/C21H14F2N2O4S/c1-12(26)25(17-5-3-14(22)9-16(17)23)21-24-15(10-30-21)4-6-18(27)13-2-7-19-20(8-13)29-11-28-19/h2-10H,11H2,1H3/b6-4+. The Morgan fingerprint density at radius 2 is 1.93 bits per heavy atom. The number of hydrogen-bond donors (Lipinski definition) is 0. The number of amides is 1. The van der Waals surface area contributed by atoms with Crippen molar-refractivity contribution in [2.24, 2.45) is 0 Å². The van der Waals surface area contributed by atoms with Crippen LogP contribution >= 0.6 is 11.3 Å². The quantitative estimate of drug-likeness (QED) is 0.434. The number of anilines is 2. The van der Waals surface area contributed by atoms with E-state index in [0.29, 0.717) is 28.8 Å². The number of nitrogens with zero attached hydrogens (tertiary/aromatic N) is 2. The van der Waals surface area contributed by atoms with E-state index in [1.807, 2.05) is 0 Å². The molecule has 1 amide bonds. The van der Waals surface area contributed by atoms with Gasteiger partial charge in [-0.3, -0.25) is 14.5 Å². The van der Waals surface area contributed by atoms with E-state index in [1.54, 1.807) is 23.6 Å². The molecule has 2 heterocycles. The van der Waals surface area contributed by atoms with E-state index in [9.17, 15) is 18.4 Å². The lowest BCUT2D eigenvalue weighted by Gasteiger charge is -2.18. The number of halogens is 2. The zero-order valence-corrected chi connectivity index (χ0v) is 16.4. The summed E-state index contributed by atoms with van der Waals surface area (Å²) < 4.78 is 37.8. The second kappa shape index (κ2) is 8.03. The van der Waals surface area contributed by atoms with Gasteiger partial charge < -0.3 is 9.47 Å². The predicted octanol–water partition coefficient (Wildman–Crippen LogP) is 4.73. The zero-order valence-electron chi connectivity index (χ0n) is 15.6. The number of fused-ring (bicyclic) bond motifs is 1. The molecule has 0 aliphatic carbocycles. The van der Waals surface area contributed by atoms with Gasteiger partial charge in [0, 0.05) is 23.9 Å². The molecule has 0 saturated heterocycles. The van der Waals surface area contributed by atoms with Crippen molar-refractivity contribution in [3.8, 4) is 11.5 Å². The number of allylic oxidation sites excluding steroid dienone is 1. The van der Waals surface area contributed by atoms with E-state index in [-0.39, 0.29) is 23.4 Å². The first-order chi connectivity index (χ1) is 14.4. The zero-order chi connectivity index (χ0) is 21.3. The molecule has 0 N–H and O–H groups in total. The maximum Gasteiger partial charge on any atom is 0.231 e. The highest BCUT2D eigenvalue weighted by atomic mass is 32.1. The lowest BCUT2D eigenvalue weighted by molar-refractivity contribution is -0.115. The Kier molecular flexibility index (Phi) is 5.28. The van der Waals surface area contributed by atoms with Gasteiger partial charge in [-0.05, 0) is 42.5 Å². The summed E-state index contributed by atoms with van der Waals surface area (Å²) in [5, 5.41) is 1.82. The van der Waals surface area contributed by atoms with Crippen LogP contribution in [0, 0.1) is 11.6 Å². The molecule has 0 unspecified atom stereocenters. The molecule has 0 fully saturated rings. The Morgan fingerprint density at radius 3 is 2.70 bits per heavy atom. The maximum absolute atomic E-state index is 14.2. The van der Waals surface area contributed by atoms with Crippen LogP contribution in [0.4, 0.5) is 19.6 Å². The van der Waals surface area contributed by atoms with Gasteiger partial charge in [0.05, 0.1) is 11.4 Å². The van der Waals surface area contributed by atoms with Gasteiger partial charge in [-0.15, -0.1) is 11.3 Å². The van der Waals surface area contributed by atoms with Crippen molar-refractivity contribution in [3.05, 3.63) is 70.7 Å². The number of rotatable bonds is 5. The first kappa shape index (κ1) is 19.7. The monoisotopic (exact) mass is 428 g/mol. The highest BCUT2D eigenvalue weighted by Crippen LogP contribution is 2.33. The van der Waals surface area contributed by atoms with Gasteiger partial charge in [0.1, 0.15) is 11.6 Å². The summed E-state index contributed by atoms with van der Waals surface area (Å²) in [6.07, 6.45) is 2.83. The maximum atomic E-state index is 14.2. The first-order valence-corrected chi connectivity index (χ1v) is 9.63. The predicted molar refractivity (Wildman–Crippen MR) is 107 cm³/mol. The smallest absolute Gasteiger partial charge is 0.231 e. The lowest BCUT2D eigenvalue weighted by Crippen LogP contribution is -2.23. The molecule has 30 heavy (non-hydrogen) atoms. The van der Waals surface area contributed by atoms with E-state index in [0.717, 1.165) is 22.3 Å². The topological polar surface area (TPSA) is 68.7 Å². The normalized spacial score (nSPS) is 12.4. The van der Waals surface area contributed by atoms with Crippen LogP contribution in [-0.2, 0) is 4.79 Å². The van der Waals surface area contributed by atoms with E-state index in [4.69, 9.17) is 9.47 Å². The Bertz CT molecular complexity index is 1180. The third-order valence-corrected chi connectivity index (χ3v) is 5.07. The van der Waals surface area contributed by atoms with Crippen molar-refractivity contribution in [2.75, 3.05) is 11.7 Å². The SMILES string of the molecule is CC(=O)N(c1nc(/C=C/C(=O)c2ccc3c(c2)OCO3)cs1)c1ccc(F)cc1F. The molecule has 1 aliphatic heterocycles. The van der Waals surface area contributed by atoms with Crippen molar-refractivity contribution in [1.82, 2.24) is 4.98 Å². The van der Waals surface area contributed by atoms with Crippen molar-refractivity contribution >= 4 is 39.9 Å². The summed E-state index contributed by atoms with van der Waals surface area (Å²) in [4.78, 5) is 29.8. The number of carbonyl (C=O) groups is 2. The van der Waals surface area contributed by atoms with Crippen LogP contribution in [0.5, 0.6) is 11.5 Å². The van der Waals surface area contributed by atoms with Crippen LogP contribution in [0.25, 0.3) is 6.08 Å². The van der Waals surface area contributed by atoms with Crippen LogP contribution in [-0.4, -0.2) is 23.5 Å². The molecule has 1 aliphatic rings. The largest absolute Gasteiger partial charge is 0.454 e. The van der Waals surface area contributed by atoms with E-state index < -0.39 is 17.5 Å². The van der Waals surface area contributed by atoms with Crippen molar-refractivity contribution in [2.45, 2.75) is 6.92 Å². The Balaban J connectivity index is 1.55. The van der Waals surface area contributed by atoms with Gasteiger partial charge in [-0.1, -0.05) is 0 Å². The number of benzene rings is 2. The van der Waals surface area contributed by atoms with Gasteiger partial charge in [-0.25, -0.2) is 13.8 Å². The number of ketones is 1. The summed E-state index contributed by atoms with van der Waals surface area (Å²) in [6, 6.07) is 7.81. The molecule has 4 rings (SSSR count). The molecule has 0 radical (unpaired) electrons. The minimum atomic E-state index is -0.879. The molecule has 0 saturated carbocycles. The Hall–Kier alpha value is -3.59. The second-order valence-electron chi connectivity index (χ2n) is 6.27. The molecule has 9 heteroatoms. The third kappa shape index (κ3) is 3.92. The number of hydrogen-bond acceptors (Lipinski definition) is 6. The van der Waals surface area contributed by atoms with Crippen LogP contribution < -0.4 is 14.4 Å². The number of aromatic nitrogens is 1. The fourth-order valence-electron chi connectivity index (χ4n) is 2.83. The summed E-state index contributed by atoms with van der Waals surface area (Å²) in [5.74, 6) is -1.29. The molecule has 0 bridgehead atoms. The van der Waals surface area contributed by atoms with E-state index in [1.165, 1.54) is 25.1 Å². The molecular weight excluding hydrogens is 414 g/mol. The molecule has 0 atom stereocenters. The highest BCUT2D eigenvalue weighted by Gasteiger charge is 2.21. The Labute approximate surface area is 174 Å². The average molecular weight is 428 g/mol. The third-order valence-electron chi connectivity index (χ3n) is 4.23. The van der Waals surface area contributed by atoms with E-state index in [2.05, 4.69) is 4.98 Å². The van der Waals surface area contributed by atoms with Crippen LogP contribution in [0.15, 0.2) is 47.9 Å². The Morgan fingerprint density at radius 1 is 1.13 bits per heavy atom. The molecule has 3 aromatic rings.